The molecule has 2 aromatic carbocycles. The van der Waals surface area contributed by atoms with Crippen molar-refractivity contribution in [2.75, 3.05) is 32.1 Å². The molecule has 0 spiro atoms. The van der Waals surface area contributed by atoms with Gasteiger partial charge in [-0.05, 0) is 62.2 Å². The monoisotopic (exact) mass is 403 g/mol. The molecule has 0 amide bonds. The van der Waals surface area contributed by atoms with Gasteiger partial charge in [0.2, 0.25) is 0 Å². The number of nitrogens with zero attached hydrogens (tertiary/aromatic N) is 1. The van der Waals surface area contributed by atoms with E-state index in [-0.39, 0.29) is 18.4 Å². The van der Waals surface area contributed by atoms with E-state index in [1.165, 1.54) is 6.42 Å². The highest BCUT2D eigenvalue weighted by Gasteiger charge is 2.28. The number of aliphatic hydroxyl groups is 1. The van der Waals surface area contributed by atoms with Crippen LogP contribution < -0.4 is 4.74 Å². The summed E-state index contributed by atoms with van der Waals surface area (Å²) in [7, 11) is -3.38. The van der Waals surface area contributed by atoms with Crippen LogP contribution in [0.25, 0.3) is 0 Å². The standard InChI is InChI=1S/C22H29NO4S/c24-16-13-19-9-11-21(12-10-19)27-17-20(23-14-5-2-6-15-23)18-28(25,26)22-7-3-1-4-8-22/h1,3-4,7-12,20,24H,2,5-6,13-18H2. The summed E-state index contributed by atoms with van der Waals surface area (Å²) in [5.74, 6) is 0.778. The van der Waals surface area contributed by atoms with Gasteiger partial charge >= 0.3 is 0 Å². The third-order valence-electron chi connectivity index (χ3n) is 5.19. The molecule has 2 aromatic rings. The SMILES string of the molecule is O=S(=O)(CC(COc1ccc(CCO)cc1)N1CCCCC1)c1ccccc1. The molecule has 5 nitrogen and oxygen atoms in total. The van der Waals surface area contributed by atoms with Crippen LogP contribution in [0.3, 0.4) is 0 Å². The van der Waals surface area contributed by atoms with Crippen LogP contribution in [-0.2, 0) is 16.3 Å². The summed E-state index contributed by atoms with van der Waals surface area (Å²) in [6.45, 7) is 2.28. The van der Waals surface area contributed by atoms with Crippen molar-refractivity contribution in [1.82, 2.24) is 4.90 Å². The molecule has 1 fully saturated rings. The molecular weight excluding hydrogens is 374 g/mol. The maximum Gasteiger partial charge on any atom is 0.180 e. The second-order valence-electron chi connectivity index (χ2n) is 7.27. The Bertz CT molecular complexity index is 815. The van der Waals surface area contributed by atoms with Crippen molar-refractivity contribution in [2.24, 2.45) is 0 Å². The second kappa shape index (κ2) is 10.0. The number of sulfone groups is 1. The maximum absolute atomic E-state index is 12.9. The number of rotatable bonds is 9. The Morgan fingerprint density at radius 1 is 0.964 bits per heavy atom. The molecule has 1 atom stereocenters. The molecule has 1 saturated heterocycles. The minimum atomic E-state index is -3.38. The van der Waals surface area contributed by atoms with E-state index in [2.05, 4.69) is 4.90 Å². The zero-order valence-electron chi connectivity index (χ0n) is 16.2. The van der Waals surface area contributed by atoms with Gasteiger partial charge in [0.1, 0.15) is 12.4 Å². The van der Waals surface area contributed by atoms with E-state index in [9.17, 15) is 8.42 Å². The average molecular weight is 404 g/mol. The van der Waals surface area contributed by atoms with Gasteiger partial charge in [0.15, 0.2) is 9.84 Å². The Morgan fingerprint density at radius 3 is 2.29 bits per heavy atom. The molecule has 1 unspecified atom stereocenters. The highest BCUT2D eigenvalue weighted by Crippen LogP contribution is 2.20. The van der Waals surface area contributed by atoms with Gasteiger partial charge in [0.05, 0.1) is 16.7 Å². The number of likely N-dealkylation sites (tertiary alicyclic amines) is 1. The van der Waals surface area contributed by atoms with Crippen molar-refractivity contribution < 1.29 is 18.3 Å². The Hall–Kier alpha value is -1.89. The third-order valence-corrected chi connectivity index (χ3v) is 7.00. The lowest BCUT2D eigenvalue weighted by molar-refractivity contribution is 0.126. The number of benzene rings is 2. The molecule has 3 rings (SSSR count). The number of piperidine rings is 1. The summed E-state index contributed by atoms with van der Waals surface area (Å²) in [5.41, 5.74) is 1.05. The minimum Gasteiger partial charge on any atom is -0.492 e. The predicted molar refractivity (Wildman–Crippen MR) is 110 cm³/mol. The molecule has 0 bridgehead atoms. The van der Waals surface area contributed by atoms with E-state index in [4.69, 9.17) is 9.84 Å². The molecule has 1 aliphatic rings. The van der Waals surface area contributed by atoms with Crippen LogP contribution in [0.2, 0.25) is 0 Å². The van der Waals surface area contributed by atoms with Crippen LogP contribution in [0.15, 0.2) is 59.5 Å². The highest BCUT2D eigenvalue weighted by atomic mass is 32.2. The molecule has 0 saturated carbocycles. The van der Waals surface area contributed by atoms with Gasteiger partial charge in [-0.15, -0.1) is 0 Å². The predicted octanol–water partition coefficient (Wildman–Crippen LogP) is 2.93. The number of hydrogen-bond acceptors (Lipinski definition) is 5. The topological polar surface area (TPSA) is 66.8 Å². The zero-order valence-corrected chi connectivity index (χ0v) is 17.0. The van der Waals surface area contributed by atoms with Crippen molar-refractivity contribution in [3.05, 3.63) is 60.2 Å². The van der Waals surface area contributed by atoms with Gasteiger partial charge in [-0.1, -0.05) is 36.8 Å². The van der Waals surface area contributed by atoms with E-state index in [1.54, 1.807) is 24.3 Å². The van der Waals surface area contributed by atoms with Gasteiger partial charge in [0.25, 0.3) is 0 Å². The maximum atomic E-state index is 12.9. The molecule has 0 aliphatic carbocycles. The number of hydrogen-bond donors (Lipinski definition) is 1. The summed E-state index contributed by atoms with van der Waals surface area (Å²) in [6.07, 6.45) is 4.00. The fraction of sp³-hybridized carbons (Fsp3) is 0.455. The first kappa shape index (κ1) is 20.8. The lowest BCUT2D eigenvalue weighted by atomic mass is 10.1. The largest absolute Gasteiger partial charge is 0.492 e. The van der Waals surface area contributed by atoms with Gasteiger partial charge in [-0.3, -0.25) is 4.90 Å². The first-order valence-electron chi connectivity index (χ1n) is 9.93. The fourth-order valence-corrected chi connectivity index (χ4v) is 5.17. The molecule has 28 heavy (non-hydrogen) atoms. The normalized spacial score (nSPS) is 16.6. The van der Waals surface area contributed by atoms with Crippen molar-refractivity contribution in [3.63, 3.8) is 0 Å². The van der Waals surface area contributed by atoms with Gasteiger partial charge in [0, 0.05) is 6.61 Å². The van der Waals surface area contributed by atoms with E-state index >= 15 is 0 Å². The molecule has 1 N–H and O–H groups in total. The summed E-state index contributed by atoms with van der Waals surface area (Å²) in [5, 5.41) is 9.02. The summed E-state index contributed by atoms with van der Waals surface area (Å²) < 4.78 is 31.8. The van der Waals surface area contributed by atoms with Crippen molar-refractivity contribution in [2.45, 2.75) is 36.6 Å². The summed E-state index contributed by atoms with van der Waals surface area (Å²) >= 11 is 0. The quantitative estimate of drug-likeness (QED) is 0.697. The molecule has 0 aromatic heterocycles. The first-order chi connectivity index (χ1) is 13.6. The van der Waals surface area contributed by atoms with Crippen LogP contribution in [-0.4, -0.2) is 56.5 Å². The molecule has 6 heteroatoms. The van der Waals surface area contributed by atoms with E-state index < -0.39 is 9.84 Å². The Balaban J connectivity index is 1.70. The van der Waals surface area contributed by atoms with E-state index in [0.29, 0.717) is 17.9 Å². The summed E-state index contributed by atoms with van der Waals surface area (Å²) in [6, 6.07) is 16.1. The van der Waals surface area contributed by atoms with Gasteiger partial charge in [-0.2, -0.15) is 0 Å². The number of ether oxygens (including phenoxy) is 1. The molecule has 0 radical (unpaired) electrons. The lowest BCUT2D eigenvalue weighted by Crippen LogP contribution is -2.46. The van der Waals surface area contributed by atoms with Crippen LogP contribution in [0.1, 0.15) is 24.8 Å². The van der Waals surface area contributed by atoms with E-state index in [0.717, 1.165) is 37.2 Å². The fourth-order valence-electron chi connectivity index (χ4n) is 3.59. The molecule has 152 valence electrons. The van der Waals surface area contributed by atoms with Gasteiger partial charge < -0.3 is 9.84 Å². The average Bonchev–Trinajstić information content (AvgIpc) is 2.73. The van der Waals surface area contributed by atoms with Gasteiger partial charge in [-0.25, -0.2) is 8.42 Å². The van der Waals surface area contributed by atoms with Crippen molar-refractivity contribution >= 4 is 9.84 Å². The van der Waals surface area contributed by atoms with E-state index in [1.807, 2.05) is 30.3 Å². The highest BCUT2D eigenvalue weighted by molar-refractivity contribution is 7.91. The van der Waals surface area contributed by atoms with Crippen molar-refractivity contribution in [3.8, 4) is 5.75 Å². The second-order valence-corrected chi connectivity index (χ2v) is 9.31. The van der Waals surface area contributed by atoms with Crippen LogP contribution in [0, 0.1) is 0 Å². The molecule has 1 heterocycles. The van der Waals surface area contributed by atoms with Crippen LogP contribution >= 0.6 is 0 Å². The summed E-state index contributed by atoms with van der Waals surface area (Å²) in [4.78, 5) is 2.62. The first-order valence-corrected chi connectivity index (χ1v) is 11.6. The third kappa shape index (κ3) is 5.80. The minimum absolute atomic E-state index is 0.0552. The van der Waals surface area contributed by atoms with Crippen molar-refractivity contribution in [1.29, 1.82) is 0 Å². The van der Waals surface area contributed by atoms with Crippen LogP contribution in [0.5, 0.6) is 5.75 Å². The Labute approximate surface area is 167 Å². The Kier molecular flexibility index (Phi) is 7.48. The molecule has 1 aliphatic heterocycles. The van der Waals surface area contributed by atoms with Crippen LogP contribution in [0.4, 0.5) is 0 Å². The number of aliphatic hydroxyl groups excluding tert-OH is 1. The Morgan fingerprint density at radius 2 is 1.64 bits per heavy atom. The lowest BCUT2D eigenvalue weighted by Gasteiger charge is -2.34. The zero-order chi connectivity index (χ0) is 19.8. The molecular formula is C22H29NO4S. The smallest absolute Gasteiger partial charge is 0.180 e.